The van der Waals surface area contributed by atoms with Crippen molar-refractivity contribution in [2.45, 2.75) is 25.4 Å². The van der Waals surface area contributed by atoms with Crippen LogP contribution in [0, 0.1) is 6.92 Å². The van der Waals surface area contributed by atoms with Gasteiger partial charge >= 0.3 is 0 Å². The smallest absolute Gasteiger partial charge is 0.140 e. The average Bonchev–Trinajstić information content (AvgIpc) is 2.62. The molecule has 2 aromatic heterocycles. The van der Waals surface area contributed by atoms with Crippen LogP contribution in [-0.2, 0) is 0 Å². The lowest BCUT2D eigenvalue weighted by Gasteiger charge is -2.57. The first-order valence-electron chi connectivity index (χ1n) is 8.32. The van der Waals surface area contributed by atoms with Crippen molar-refractivity contribution in [1.29, 1.82) is 0 Å². The van der Waals surface area contributed by atoms with Crippen LogP contribution in [0.2, 0.25) is 0 Å². The van der Waals surface area contributed by atoms with Crippen LogP contribution in [0.25, 0.3) is 10.9 Å². The number of hydrogen-bond acceptors (Lipinski definition) is 6. The fourth-order valence-electron chi connectivity index (χ4n) is 3.96. The van der Waals surface area contributed by atoms with Crippen LogP contribution in [-0.4, -0.2) is 45.1 Å². The van der Waals surface area contributed by atoms with Crippen molar-refractivity contribution in [2.75, 3.05) is 22.9 Å². The van der Waals surface area contributed by atoms with Gasteiger partial charge in [0.15, 0.2) is 0 Å². The summed E-state index contributed by atoms with van der Waals surface area (Å²) in [5.41, 5.74) is 1.01. The van der Waals surface area contributed by atoms with Gasteiger partial charge < -0.3 is 9.80 Å². The van der Waals surface area contributed by atoms with Gasteiger partial charge in [0.1, 0.15) is 23.8 Å². The Morgan fingerprint density at radius 1 is 1.00 bits per heavy atom. The number of para-hydroxylation sites is 1. The summed E-state index contributed by atoms with van der Waals surface area (Å²) in [7, 11) is 0. The molecule has 6 nitrogen and oxygen atoms in total. The lowest BCUT2D eigenvalue weighted by Crippen LogP contribution is -2.69. The fraction of sp³-hybridized carbons (Fsp3) is 0.333. The highest BCUT2D eigenvalue weighted by atomic mass is 15.4. The van der Waals surface area contributed by atoms with E-state index in [0.29, 0.717) is 12.1 Å². The Balaban J connectivity index is 1.45. The highest BCUT2D eigenvalue weighted by Gasteiger charge is 2.46. The van der Waals surface area contributed by atoms with Gasteiger partial charge in [0.2, 0.25) is 0 Å². The van der Waals surface area contributed by atoms with Crippen molar-refractivity contribution in [3.63, 3.8) is 0 Å². The maximum atomic E-state index is 4.59. The topological polar surface area (TPSA) is 58.0 Å². The predicted octanol–water partition coefficient (Wildman–Crippen LogP) is 2.20. The zero-order chi connectivity index (χ0) is 16.1. The van der Waals surface area contributed by atoms with E-state index in [0.717, 1.165) is 41.5 Å². The standard InChI is InChI=1S/C18H18N6/c1-12-19-7-6-17(22-12)23-9-13-8-14(10-23)24(13)18-15-4-2-3-5-16(15)20-11-21-18/h2-7,11,13-14H,8-10H2,1H3. The van der Waals surface area contributed by atoms with E-state index in [1.54, 1.807) is 6.33 Å². The summed E-state index contributed by atoms with van der Waals surface area (Å²) in [6.45, 7) is 3.89. The van der Waals surface area contributed by atoms with E-state index in [-0.39, 0.29) is 0 Å². The van der Waals surface area contributed by atoms with Gasteiger partial charge in [-0.3, -0.25) is 0 Å². The molecule has 0 saturated carbocycles. The molecular formula is C18H18N6. The Hall–Kier alpha value is -2.76. The predicted molar refractivity (Wildman–Crippen MR) is 93.2 cm³/mol. The van der Waals surface area contributed by atoms with Gasteiger partial charge in [0.05, 0.1) is 17.6 Å². The van der Waals surface area contributed by atoms with Crippen LogP contribution in [0.4, 0.5) is 11.6 Å². The first kappa shape index (κ1) is 13.7. The van der Waals surface area contributed by atoms with E-state index in [2.05, 4.69) is 41.9 Å². The zero-order valence-corrected chi connectivity index (χ0v) is 13.5. The minimum absolute atomic E-state index is 0.484. The summed E-state index contributed by atoms with van der Waals surface area (Å²) in [5, 5.41) is 1.14. The number of piperazine rings is 1. The quantitative estimate of drug-likeness (QED) is 0.722. The minimum Gasteiger partial charge on any atom is -0.352 e. The van der Waals surface area contributed by atoms with Gasteiger partial charge in [0, 0.05) is 24.7 Å². The van der Waals surface area contributed by atoms with E-state index < -0.39 is 0 Å². The first-order chi connectivity index (χ1) is 11.8. The molecule has 3 saturated heterocycles. The Morgan fingerprint density at radius 3 is 2.67 bits per heavy atom. The van der Waals surface area contributed by atoms with E-state index in [4.69, 9.17) is 0 Å². The second-order valence-electron chi connectivity index (χ2n) is 6.53. The van der Waals surface area contributed by atoms with Crippen LogP contribution in [0.3, 0.4) is 0 Å². The summed E-state index contributed by atoms with van der Waals surface area (Å²) in [4.78, 5) is 22.6. The minimum atomic E-state index is 0.484. The second-order valence-corrected chi connectivity index (χ2v) is 6.53. The summed E-state index contributed by atoms with van der Waals surface area (Å²) in [6, 6.07) is 11.2. The molecule has 0 radical (unpaired) electrons. The fourth-order valence-corrected chi connectivity index (χ4v) is 3.96. The van der Waals surface area contributed by atoms with Gasteiger partial charge in [-0.2, -0.15) is 0 Å². The van der Waals surface area contributed by atoms with Gasteiger partial charge in [-0.05, 0) is 31.5 Å². The van der Waals surface area contributed by atoms with E-state index in [1.807, 2.05) is 31.3 Å². The first-order valence-corrected chi connectivity index (χ1v) is 8.32. The van der Waals surface area contributed by atoms with Crippen molar-refractivity contribution in [1.82, 2.24) is 19.9 Å². The lowest BCUT2D eigenvalue weighted by atomic mass is 9.87. The van der Waals surface area contributed by atoms with Gasteiger partial charge in [0.25, 0.3) is 0 Å². The lowest BCUT2D eigenvalue weighted by molar-refractivity contribution is 0.288. The molecule has 0 amide bonds. The van der Waals surface area contributed by atoms with Crippen molar-refractivity contribution in [2.24, 2.45) is 0 Å². The largest absolute Gasteiger partial charge is 0.352 e. The molecule has 3 fully saturated rings. The summed E-state index contributed by atoms with van der Waals surface area (Å²) < 4.78 is 0. The number of piperidine rings is 1. The zero-order valence-electron chi connectivity index (χ0n) is 13.5. The highest BCUT2D eigenvalue weighted by molar-refractivity contribution is 5.90. The third kappa shape index (κ3) is 2.02. The third-order valence-corrected chi connectivity index (χ3v) is 5.04. The molecule has 2 unspecified atom stereocenters. The number of hydrogen-bond donors (Lipinski definition) is 0. The molecule has 0 spiro atoms. The Morgan fingerprint density at radius 2 is 1.83 bits per heavy atom. The number of fused-ring (bicyclic) bond motifs is 3. The molecule has 0 N–H and O–H groups in total. The maximum Gasteiger partial charge on any atom is 0.140 e. The number of anilines is 2. The molecule has 2 atom stereocenters. The molecule has 120 valence electrons. The molecule has 6 heteroatoms. The monoisotopic (exact) mass is 318 g/mol. The molecule has 24 heavy (non-hydrogen) atoms. The van der Waals surface area contributed by atoms with Crippen LogP contribution in [0.5, 0.6) is 0 Å². The van der Waals surface area contributed by atoms with Crippen LogP contribution < -0.4 is 9.80 Å². The Bertz CT molecular complexity index is 893. The number of aromatic nitrogens is 4. The van der Waals surface area contributed by atoms with Crippen LogP contribution >= 0.6 is 0 Å². The molecular weight excluding hydrogens is 300 g/mol. The van der Waals surface area contributed by atoms with Crippen molar-refractivity contribution >= 4 is 22.5 Å². The third-order valence-electron chi connectivity index (χ3n) is 5.04. The highest BCUT2D eigenvalue weighted by Crippen LogP contribution is 2.39. The molecule has 6 rings (SSSR count). The molecule has 3 aliphatic heterocycles. The molecule has 5 heterocycles. The summed E-state index contributed by atoms with van der Waals surface area (Å²) in [5.74, 6) is 2.93. The van der Waals surface area contributed by atoms with Crippen molar-refractivity contribution in [3.05, 3.63) is 48.7 Å². The Labute approximate surface area is 140 Å². The van der Waals surface area contributed by atoms with E-state index >= 15 is 0 Å². The maximum absolute atomic E-state index is 4.59. The van der Waals surface area contributed by atoms with Crippen molar-refractivity contribution < 1.29 is 0 Å². The molecule has 1 aromatic carbocycles. The molecule has 0 aliphatic carbocycles. The van der Waals surface area contributed by atoms with E-state index in [9.17, 15) is 0 Å². The number of aryl methyl sites for hydroxylation is 1. The normalized spacial score (nSPS) is 22.5. The number of benzene rings is 1. The van der Waals surface area contributed by atoms with Gasteiger partial charge in [-0.25, -0.2) is 19.9 Å². The SMILES string of the molecule is Cc1nccc(N2CC3CC(C2)N3c2ncnc3ccccc23)n1. The van der Waals surface area contributed by atoms with Gasteiger partial charge in [-0.1, -0.05) is 12.1 Å². The molecule has 3 aromatic rings. The van der Waals surface area contributed by atoms with E-state index in [1.165, 1.54) is 6.42 Å². The van der Waals surface area contributed by atoms with Gasteiger partial charge in [-0.15, -0.1) is 0 Å². The number of rotatable bonds is 2. The second kappa shape index (κ2) is 5.12. The molecule has 2 bridgehead atoms. The Kier molecular flexibility index (Phi) is 2.92. The number of nitrogens with zero attached hydrogens (tertiary/aromatic N) is 6. The summed E-state index contributed by atoms with van der Waals surface area (Å²) >= 11 is 0. The molecule has 3 aliphatic rings. The average molecular weight is 318 g/mol. The van der Waals surface area contributed by atoms with Crippen LogP contribution in [0.1, 0.15) is 12.2 Å². The van der Waals surface area contributed by atoms with Crippen molar-refractivity contribution in [3.8, 4) is 0 Å². The van der Waals surface area contributed by atoms with Crippen LogP contribution in [0.15, 0.2) is 42.9 Å². The summed E-state index contributed by atoms with van der Waals surface area (Å²) in [6.07, 6.45) is 4.74.